The molecule has 1 fully saturated rings. The molecule has 1 aromatic carbocycles. The molecule has 1 saturated heterocycles. The van der Waals surface area contributed by atoms with Crippen LogP contribution in [0.25, 0.3) is 0 Å². The largest absolute Gasteiger partial charge is 0.491 e. The van der Waals surface area contributed by atoms with E-state index in [0.29, 0.717) is 12.2 Å². The summed E-state index contributed by atoms with van der Waals surface area (Å²) in [6.07, 6.45) is 0.299. The van der Waals surface area contributed by atoms with Crippen molar-refractivity contribution in [3.05, 3.63) is 29.0 Å². The molecule has 0 aromatic heterocycles. The van der Waals surface area contributed by atoms with Gasteiger partial charge in [-0.1, -0.05) is 11.6 Å². The first-order valence-corrected chi connectivity index (χ1v) is 6.61. The fourth-order valence-corrected chi connectivity index (χ4v) is 2.13. The van der Waals surface area contributed by atoms with Crippen LogP contribution in [0.4, 0.5) is 4.39 Å². The molecule has 1 aliphatic heterocycles. The van der Waals surface area contributed by atoms with Crippen molar-refractivity contribution in [1.29, 1.82) is 0 Å². The molecule has 1 amide bonds. The lowest BCUT2D eigenvalue weighted by Crippen LogP contribution is -2.46. The van der Waals surface area contributed by atoms with E-state index < -0.39 is 5.82 Å². The zero-order valence-corrected chi connectivity index (χ0v) is 11.3. The van der Waals surface area contributed by atoms with E-state index in [4.69, 9.17) is 16.3 Å². The van der Waals surface area contributed by atoms with Gasteiger partial charge in [0, 0.05) is 26.2 Å². The molecule has 4 nitrogen and oxygen atoms in total. The van der Waals surface area contributed by atoms with Crippen LogP contribution in [0.15, 0.2) is 18.2 Å². The fraction of sp³-hybridized carbons (Fsp3) is 0.462. The van der Waals surface area contributed by atoms with E-state index >= 15 is 0 Å². The van der Waals surface area contributed by atoms with Gasteiger partial charge >= 0.3 is 0 Å². The van der Waals surface area contributed by atoms with E-state index in [1.165, 1.54) is 18.2 Å². The number of halogens is 2. The van der Waals surface area contributed by atoms with Gasteiger partial charge in [0.1, 0.15) is 11.6 Å². The highest BCUT2D eigenvalue weighted by molar-refractivity contribution is 6.32. The van der Waals surface area contributed by atoms with Gasteiger partial charge in [0.25, 0.3) is 0 Å². The molecule has 6 heteroatoms. The van der Waals surface area contributed by atoms with Gasteiger partial charge in [-0.2, -0.15) is 0 Å². The Morgan fingerprint density at radius 3 is 2.84 bits per heavy atom. The first kappa shape index (κ1) is 14.1. The van der Waals surface area contributed by atoms with Crippen LogP contribution < -0.4 is 10.1 Å². The monoisotopic (exact) mass is 286 g/mol. The maximum Gasteiger partial charge on any atom is 0.226 e. The summed E-state index contributed by atoms with van der Waals surface area (Å²) in [5.41, 5.74) is 0. The van der Waals surface area contributed by atoms with Gasteiger partial charge in [-0.3, -0.25) is 4.79 Å². The number of benzene rings is 1. The lowest BCUT2D eigenvalue weighted by Gasteiger charge is -2.27. The summed E-state index contributed by atoms with van der Waals surface area (Å²) < 4.78 is 18.2. The number of ether oxygens (including phenoxy) is 1. The molecule has 0 spiro atoms. The highest BCUT2D eigenvalue weighted by Crippen LogP contribution is 2.24. The summed E-state index contributed by atoms with van der Waals surface area (Å²) in [5.74, 6) is 0.0603. The van der Waals surface area contributed by atoms with E-state index in [1.54, 1.807) is 0 Å². The van der Waals surface area contributed by atoms with Crippen molar-refractivity contribution in [3.8, 4) is 5.75 Å². The van der Waals surface area contributed by atoms with Crippen LogP contribution in [0.3, 0.4) is 0 Å². The number of hydrogen-bond donors (Lipinski definition) is 1. The van der Waals surface area contributed by atoms with Gasteiger partial charge < -0.3 is 15.0 Å². The Hall–Kier alpha value is -1.33. The molecule has 0 bridgehead atoms. The van der Waals surface area contributed by atoms with Crippen LogP contribution in [0.2, 0.25) is 5.02 Å². The van der Waals surface area contributed by atoms with Crippen molar-refractivity contribution < 1.29 is 13.9 Å². The van der Waals surface area contributed by atoms with Gasteiger partial charge in [-0.05, 0) is 18.2 Å². The molecule has 1 heterocycles. The average Bonchev–Trinajstić information content (AvgIpc) is 2.42. The summed E-state index contributed by atoms with van der Waals surface area (Å²) in [7, 11) is 0. The van der Waals surface area contributed by atoms with Crippen molar-refractivity contribution in [2.45, 2.75) is 6.42 Å². The summed E-state index contributed by atoms with van der Waals surface area (Å²) in [6.45, 7) is 3.37. The van der Waals surface area contributed by atoms with Crippen LogP contribution in [-0.2, 0) is 4.79 Å². The minimum absolute atomic E-state index is 0.0692. The maximum atomic E-state index is 12.8. The third-order valence-electron chi connectivity index (χ3n) is 2.94. The molecule has 1 aromatic rings. The Balaban J connectivity index is 1.78. The van der Waals surface area contributed by atoms with Crippen LogP contribution in [0.5, 0.6) is 5.75 Å². The minimum atomic E-state index is -0.408. The third kappa shape index (κ3) is 4.08. The normalized spacial score (nSPS) is 15.4. The van der Waals surface area contributed by atoms with Gasteiger partial charge in [-0.15, -0.1) is 0 Å². The SMILES string of the molecule is O=C(CCOc1ccc(F)cc1Cl)N1CCNCC1. The molecular weight excluding hydrogens is 271 g/mol. The van der Waals surface area contributed by atoms with E-state index in [-0.39, 0.29) is 17.5 Å². The van der Waals surface area contributed by atoms with Crippen molar-refractivity contribution >= 4 is 17.5 Å². The Bertz CT molecular complexity index is 450. The highest BCUT2D eigenvalue weighted by atomic mass is 35.5. The smallest absolute Gasteiger partial charge is 0.226 e. The summed E-state index contributed by atoms with van der Waals surface area (Å²) in [6, 6.07) is 3.93. The molecule has 0 aliphatic carbocycles. The predicted octanol–water partition coefficient (Wildman–Crippen LogP) is 1.68. The molecule has 0 unspecified atom stereocenters. The second kappa shape index (κ2) is 6.73. The summed E-state index contributed by atoms with van der Waals surface area (Å²) in [5, 5.41) is 3.40. The molecule has 1 N–H and O–H groups in total. The van der Waals surface area contributed by atoms with E-state index in [1.807, 2.05) is 4.90 Å². The summed E-state index contributed by atoms with van der Waals surface area (Å²) in [4.78, 5) is 13.7. The van der Waals surface area contributed by atoms with E-state index in [0.717, 1.165) is 26.2 Å². The molecule has 2 rings (SSSR count). The fourth-order valence-electron chi connectivity index (χ4n) is 1.91. The number of piperazine rings is 1. The number of amides is 1. The Morgan fingerprint density at radius 1 is 1.42 bits per heavy atom. The average molecular weight is 287 g/mol. The quantitative estimate of drug-likeness (QED) is 0.916. The van der Waals surface area contributed by atoms with Crippen molar-refractivity contribution in [3.63, 3.8) is 0 Å². The molecule has 0 atom stereocenters. The van der Waals surface area contributed by atoms with Gasteiger partial charge in [0.2, 0.25) is 5.91 Å². The standard InChI is InChI=1S/C13H16ClFN2O2/c14-11-9-10(15)1-2-12(11)19-8-3-13(18)17-6-4-16-5-7-17/h1-2,9,16H,3-8H2. The maximum absolute atomic E-state index is 12.8. The Labute approximate surface area is 116 Å². The molecule has 104 valence electrons. The second-order valence-corrected chi connectivity index (χ2v) is 4.71. The van der Waals surface area contributed by atoms with Gasteiger partial charge in [0.15, 0.2) is 0 Å². The van der Waals surface area contributed by atoms with Crippen molar-refractivity contribution in [2.75, 3.05) is 32.8 Å². The number of hydrogen-bond acceptors (Lipinski definition) is 3. The molecule has 19 heavy (non-hydrogen) atoms. The van der Waals surface area contributed by atoms with Crippen LogP contribution in [0.1, 0.15) is 6.42 Å². The zero-order valence-electron chi connectivity index (χ0n) is 10.5. The molecule has 0 saturated carbocycles. The van der Waals surface area contributed by atoms with Crippen molar-refractivity contribution in [2.24, 2.45) is 0 Å². The van der Waals surface area contributed by atoms with Crippen LogP contribution in [0, 0.1) is 5.82 Å². The minimum Gasteiger partial charge on any atom is -0.491 e. The first-order chi connectivity index (χ1) is 9.16. The Morgan fingerprint density at radius 2 is 2.16 bits per heavy atom. The molecule has 0 radical (unpaired) electrons. The number of nitrogens with zero attached hydrogens (tertiary/aromatic N) is 1. The number of rotatable bonds is 4. The second-order valence-electron chi connectivity index (χ2n) is 4.30. The molecule has 1 aliphatic rings. The number of nitrogens with one attached hydrogen (secondary N) is 1. The third-order valence-corrected chi connectivity index (χ3v) is 3.23. The zero-order chi connectivity index (χ0) is 13.7. The highest BCUT2D eigenvalue weighted by Gasteiger charge is 2.15. The lowest BCUT2D eigenvalue weighted by atomic mass is 10.3. The number of carbonyl (C=O) groups excluding carboxylic acids is 1. The first-order valence-electron chi connectivity index (χ1n) is 6.23. The lowest BCUT2D eigenvalue weighted by molar-refractivity contribution is -0.132. The summed E-state index contributed by atoms with van der Waals surface area (Å²) >= 11 is 5.82. The predicted molar refractivity (Wildman–Crippen MR) is 71.0 cm³/mol. The molecular formula is C13H16ClFN2O2. The Kier molecular flexibility index (Phi) is 4.99. The van der Waals surface area contributed by atoms with E-state index in [2.05, 4.69) is 5.32 Å². The van der Waals surface area contributed by atoms with E-state index in [9.17, 15) is 9.18 Å². The van der Waals surface area contributed by atoms with Crippen LogP contribution >= 0.6 is 11.6 Å². The van der Waals surface area contributed by atoms with Crippen molar-refractivity contribution in [1.82, 2.24) is 10.2 Å². The van der Waals surface area contributed by atoms with Gasteiger partial charge in [-0.25, -0.2) is 4.39 Å². The van der Waals surface area contributed by atoms with Gasteiger partial charge in [0.05, 0.1) is 18.1 Å². The topological polar surface area (TPSA) is 41.6 Å². The number of carbonyl (C=O) groups is 1. The van der Waals surface area contributed by atoms with Crippen LogP contribution in [-0.4, -0.2) is 43.6 Å².